The van der Waals surface area contributed by atoms with E-state index in [2.05, 4.69) is 43.5 Å². The van der Waals surface area contributed by atoms with E-state index in [9.17, 15) is 36.0 Å². The Balaban J connectivity index is 0.000000284. The molecule has 7 rings (SSSR count). The zero-order valence-corrected chi connectivity index (χ0v) is 45.8. The lowest BCUT2D eigenvalue weighted by Gasteiger charge is -2.33. The van der Waals surface area contributed by atoms with Crippen molar-refractivity contribution in [2.45, 2.75) is 52.7 Å². The Morgan fingerprint density at radius 2 is 0.710 bits per heavy atom. The number of piperazine rings is 6. The summed E-state index contributed by atoms with van der Waals surface area (Å²) in [5, 5.41) is 18.1. The number of aliphatic hydroxyl groups is 2. The Morgan fingerprint density at radius 1 is 0.449 bits per heavy atom. The SMILES string of the molecule is CC(=O)N1CCN(C)CC1.CCS(=O)(=O)N1CCN(C)CC1.CN1CCN(C(=O)C2CC2)CC1.CN1CCN(S(C)(=O)=O)CC1.C[C@@H](O)C(=O)N1CCN(C)CC1.C[C@H](O)C(=O)N1CCN(C)CC1. The first-order valence-corrected chi connectivity index (χ1v) is 28.2. The molecular formula is C45H92N12O10S2. The van der Waals surface area contributed by atoms with Crippen molar-refractivity contribution in [3.8, 4) is 0 Å². The van der Waals surface area contributed by atoms with E-state index < -0.39 is 32.3 Å². The van der Waals surface area contributed by atoms with E-state index >= 15 is 0 Å². The van der Waals surface area contributed by atoms with E-state index in [0.717, 1.165) is 144 Å². The summed E-state index contributed by atoms with van der Waals surface area (Å²) in [5.74, 6) is 0.923. The molecule has 0 unspecified atom stereocenters. The molecule has 22 nitrogen and oxygen atoms in total. The topological polar surface area (TPSA) is 216 Å². The maximum Gasteiger partial charge on any atom is 0.251 e. The molecule has 6 saturated heterocycles. The molecule has 404 valence electrons. The highest BCUT2D eigenvalue weighted by Gasteiger charge is 2.34. The van der Waals surface area contributed by atoms with Crippen LogP contribution in [-0.4, -0.2) is 332 Å². The van der Waals surface area contributed by atoms with Crippen molar-refractivity contribution >= 4 is 43.7 Å². The first-order chi connectivity index (χ1) is 32.2. The molecule has 24 heteroatoms. The number of aliphatic hydroxyl groups excluding tert-OH is 2. The normalized spacial score (nSPS) is 23.1. The zero-order valence-electron chi connectivity index (χ0n) is 44.2. The van der Waals surface area contributed by atoms with Crippen LogP contribution in [0.15, 0.2) is 0 Å². The van der Waals surface area contributed by atoms with Crippen molar-refractivity contribution in [3.05, 3.63) is 0 Å². The lowest BCUT2D eigenvalue weighted by molar-refractivity contribution is -0.141. The van der Waals surface area contributed by atoms with Crippen LogP contribution in [0.5, 0.6) is 0 Å². The molecular weight excluding hydrogens is 933 g/mol. The lowest BCUT2D eigenvalue weighted by atomic mass is 10.3. The third-order valence-corrected chi connectivity index (χ3v) is 16.4. The fourth-order valence-electron chi connectivity index (χ4n) is 7.69. The number of rotatable bonds is 6. The summed E-state index contributed by atoms with van der Waals surface area (Å²) in [7, 11) is 6.38. The van der Waals surface area contributed by atoms with E-state index in [-0.39, 0.29) is 23.5 Å². The second-order valence-electron chi connectivity index (χ2n) is 19.4. The highest BCUT2D eigenvalue weighted by Crippen LogP contribution is 2.31. The van der Waals surface area contributed by atoms with Crippen LogP contribution in [0.1, 0.15) is 40.5 Å². The standard InChI is InChI=1S/C9H16N2O.2C8H16N2O2.C7H16N2O2S.C7H14N2O.C6H14N2O2S/c1-10-4-6-11(7-5-10)9(12)8-2-3-8;2*1-7(11)8(12)10-5-3-9(2)4-6-10;1-3-12(10,11)9-6-4-8(2)5-7-9;1-7(10)9-5-3-8(2)4-6-9;1-7-3-5-8(6-4-7)11(2,9)10/h8H,2-7H2,1H3;2*7,11H,3-6H2,1-2H3;3-7H2,1-2H3;3-6H2,1-2H3;3-6H2,1-2H3/t;2*7-;;;/m.10.../s1. The maximum absolute atomic E-state index is 11.6. The third-order valence-electron chi connectivity index (χ3n) is 13.2. The Bertz CT molecular complexity index is 1650. The summed E-state index contributed by atoms with van der Waals surface area (Å²) >= 11 is 0. The van der Waals surface area contributed by atoms with Gasteiger partial charge in [0.25, 0.3) is 11.8 Å². The van der Waals surface area contributed by atoms with E-state index in [1.54, 1.807) is 28.0 Å². The number of sulfonamides is 2. The molecule has 7 aliphatic rings. The Hall–Kier alpha value is -2.62. The van der Waals surface area contributed by atoms with Gasteiger partial charge in [-0.3, -0.25) is 19.2 Å². The van der Waals surface area contributed by atoms with E-state index in [4.69, 9.17) is 10.2 Å². The van der Waals surface area contributed by atoms with Crippen molar-refractivity contribution in [1.29, 1.82) is 0 Å². The molecule has 0 aromatic heterocycles. The first-order valence-electron chi connectivity index (χ1n) is 24.8. The molecule has 6 heterocycles. The molecule has 2 N–H and O–H groups in total. The van der Waals surface area contributed by atoms with Gasteiger partial charge < -0.3 is 59.2 Å². The highest BCUT2D eigenvalue weighted by molar-refractivity contribution is 7.89. The number of likely N-dealkylation sites (N-methyl/N-ethyl adjacent to an activating group) is 6. The van der Waals surface area contributed by atoms with Gasteiger partial charge in [0.05, 0.1) is 12.0 Å². The maximum atomic E-state index is 11.6. The summed E-state index contributed by atoms with van der Waals surface area (Å²) in [4.78, 5) is 65.4. The minimum absolute atomic E-state index is 0.150. The van der Waals surface area contributed by atoms with Crippen LogP contribution >= 0.6 is 0 Å². The smallest absolute Gasteiger partial charge is 0.251 e. The predicted octanol–water partition coefficient (Wildman–Crippen LogP) is -2.99. The number of hydrogen-bond donors (Lipinski definition) is 2. The largest absolute Gasteiger partial charge is 0.384 e. The molecule has 0 bridgehead atoms. The average molecular weight is 1030 g/mol. The van der Waals surface area contributed by atoms with Crippen LogP contribution in [0.2, 0.25) is 0 Å². The average Bonchev–Trinajstić information content (AvgIpc) is 4.17. The molecule has 0 radical (unpaired) electrons. The van der Waals surface area contributed by atoms with Gasteiger partial charge in [-0.15, -0.1) is 0 Å². The van der Waals surface area contributed by atoms with Crippen LogP contribution < -0.4 is 0 Å². The molecule has 7 fully saturated rings. The van der Waals surface area contributed by atoms with Crippen LogP contribution in [0.3, 0.4) is 0 Å². The van der Waals surface area contributed by atoms with Crippen LogP contribution in [0.4, 0.5) is 0 Å². The molecule has 0 aromatic carbocycles. The van der Waals surface area contributed by atoms with Gasteiger partial charge in [0.1, 0.15) is 12.2 Å². The number of amides is 4. The van der Waals surface area contributed by atoms with Crippen LogP contribution in [0.25, 0.3) is 0 Å². The van der Waals surface area contributed by atoms with E-state index in [0.29, 0.717) is 38.0 Å². The summed E-state index contributed by atoms with van der Waals surface area (Å²) < 4.78 is 47.8. The monoisotopic (exact) mass is 1020 g/mol. The number of hydrogen-bond acceptors (Lipinski definition) is 16. The Labute approximate surface area is 416 Å². The van der Waals surface area contributed by atoms with Gasteiger partial charge in [-0.05, 0) is 75.9 Å². The molecule has 6 aliphatic heterocycles. The fraction of sp³-hybridized carbons (Fsp3) is 0.911. The number of carbonyl (C=O) groups is 4. The molecule has 1 saturated carbocycles. The van der Waals surface area contributed by atoms with Crippen molar-refractivity contribution in [2.24, 2.45) is 5.92 Å². The van der Waals surface area contributed by atoms with E-state index in [1.165, 1.54) is 24.4 Å². The van der Waals surface area contributed by atoms with E-state index in [1.807, 2.05) is 38.0 Å². The molecule has 69 heavy (non-hydrogen) atoms. The van der Waals surface area contributed by atoms with Gasteiger partial charge in [-0.25, -0.2) is 16.8 Å². The molecule has 4 amide bonds. The highest BCUT2D eigenvalue weighted by atomic mass is 32.2. The summed E-state index contributed by atoms with van der Waals surface area (Å²) in [6.07, 6.45) is 1.82. The minimum Gasteiger partial charge on any atom is -0.384 e. The quantitative estimate of drug-likeness (QED) is 0.272. The van der Waals surface area contributed by atoms with Gasteiger partial charge in [-0.2, -0.15) is 8.61 Å². The summed E-state index contributed by atoms with van der Waals surface area (Å²) in [6, 6.07) is 0. The van der Waals surface area contributed by atoms with Gasteiger partial charge in [-0.1, -0.05) is 0 Å². The van der Waals surface area contributed by atoms with Gasteiger partial charge in [0.2, 0.25) is 31.9 Å². The van der Waals surface area contributed by atoms with Crippen molar-refractivity contribution < 1.29 is 46.2 Å². The zero-order chi connectivity index (χ0) is 52.1. The molecule has 1 aliphatic carbocycles. The Kier molecular flexibility index (Phi) is 28.1. The minimum atomic E-state index is -2.94. The lowest BCUT2D eigenvalue weighted by Crippen LogP contribution is -2.49. The van der Waals surface area contributed by atoms with Crippen molar-refractivity contribution in [3.63, 3.8) is 0 Å². The van der Waals surface area contributed by atoms with Gasteiger partial charge >= 0.3 is 0 Å². The van der Waals surface area contributed by atoms with Crippen LogP contribution in [-0.2, 0) is 39.2 Å². The molecule has 0 spiro atoms. The number of nitrogens with zero attached hydrogens (tertiary/aromatic N) is 12. The van der Waals surface area contributed by atoms with Gasteiger partial charge in [0.15, 0.2) is 0 Å². The number of carbonyl (C=O) groups excluding carboxylic acids is 4. The second-order valence-corrected chi connectivity index (χ2v) is 23.6. The van der Waals surface area contributed by atoms with Crippen molar-refractivity contribution in [1.82, 2.24) is 57.6 Å². The first kappa shape index (κ1) is 62.5. The van der Waals surface area contributed by atoms with Crippen molar-refractivity contribution in [2.75, 3.05) is 211 Å². The summed E-state index contributed by atoms with van der Waals surface area (Å²) in [6.45, 7) is 26.6. The third kappa shape index (κ3) is 24.6. The molecule has 2 atom stereocenters. The Morgan fingerprint density at radius 3 is 0.957 bits per heavy atom. The second kappa shape index (κ2) is 31.1. The molecule has 0 aromatic rings. The fourth-order valence-corrected chi connectivity index (χ4v) is 9.60. The van der Waals surface area contributed by atoms with Gasteiger partial charge in [0, 0.05) is 170 Å². The summed E-state index contributed by atoms with van der Waals surface area (Å²) in [5.41, 5.74) is 0. The predicted molar refractivity (Wildman–Crippen MR) is 271 cm³/mol. The van der Waals surface area contributed by atoms with Crippen LogP contribution in [0, 0.1) is 5.92 Å².